The van der Waals surface area contributed by atoms with Crippen molar-refractivity contribution in [3.63, 3.8) is 0 Å². The first-order valence-electron chi connectivity index (χ1n) is 6.51. The van der Waals surface area contributed by atoms with Crippen LogP contribution in [0.3, 0.4) is 0 Å². The summed E-state index contributed by atoms with van der Waals surface area (Å²) in [7, 11) is -8.71. The van der Waals surface area contributed by atoms with E-state index in [1.807, 2.05) is 0 Å². The lowest BCUT2D eigenvalue weighted by molar-refractivity contribution is -0.139. The van der Waals surface area contributed by atoms with Gasteiger partial charge in [-0.05, 0) is 42.0 Å². The number of benzene rings is 2. The lowest BCUT2D eigenvalue weighted by Gasteiger charge is -2.03. The van der Waals surface area contributed by atoms with Crippen LogP contribution in [0, 0.1) is 0 Å². The molecular formula is C14H14O9S2. The largest absolute Gasteiger partial charge is 0.481 e. The van der Waals surface area contributed by atoms with Crippen LogP contribution >= 0.6 is 0 Å². The molecule has 9 nitrogen and oxygen atoms in total. The van der Waals surface area contributed by atoms with Crippen molar-refractivity contribution >= 4 is 42.8 Å². The first kappa shape index (κ1) is 20.7. The summed E-state index contributed by atoms with van der Waals surface area (Å²) in [4.78, 5) is 18.8. The van der Waals surface area contributed by atoms with Crippen LogP contribution in [0.2, 0.25) is 0 Å². The molecule has 2 aromatic carbocycles. The predicted molar refractivity (Wildman–Crippen MR) is 86.5 cm³/mol. The van der Waals surface area contributed by atoms with Crippen LogP contribution in [0.1, 0.15) is 13.3 Å². The van der Waals surface area contributed by atoms with Crippen molar-refractivity contribution in [1.29, 1.82) is 0 Å². The minimum atomic E-state index is -4.35. The van der Waals surface area contributed by atoms with Crippen molar-refractivity contribution < 1.29 is 40.6 Å². The molecule has 0 heterocycles. The van der Waals surface area contributed by atoms with Gasteiger partial charge in [-0.25, -0.2) is 0 Å². The third-order valence-corrected chi connectivity index (χ3v) is 4.48. The van der Waals surface area contributed by atoms with Crippen molar-refractivity contribution in [2.45, 2.75) is 23.1 Å². The highest BCUT2D eigenvalue weighted by molar-refractivity contribution is 7.86. The Labute approximate surface area is 143 Å². The zero-order chi connectivity index (χ0) is 19.4. The van der Waals surface area contributed by atoms with Gasteiger partial charge in [-0.1, -0.05) is 12.1 Å². The van der Waals surface area contributed by atoms with Crippen LogP contribution in [0.5, 0.6) is 0 Å². The van der Waals surface area contributed by atoms with E-state index >= 15 is 0 Å². The molecule has 136 valence electrons. The van der Waals surface area contributed by atoms with Crippen LogP contribution in [-0.4, -0.2) is 42.8 Å². The highest BCUT2D eigenvalue weighted by Crippen LogP contribution is 2.22. The van der Waals surface area contributed by atoms with Gasteiger partial charge in [0.05, 0.1) is 9.79 Å². The van der Waals surface area contributed by atoms with E-state index in [1.54, 1.807) is 0 Å². The second-order valence-electron chi connectivity index (χ2n) is 4.89. The monoisotopic (exact) mass is 390 g/mol. The van der Waals surface area contributed by atoms with Crippen molar-refractivity contribution in [1.82, 2.24) is 0 Å². The van der Waals surface area contributed by atoms with E-state index in [4.69, 9.17) is 14.2 Å². The van der Waals surface area contributed by atoms with Gasteiger partial charge >= 0.3 is 5.97 Å². The smallest absolute Gasteiger partial charge is 0.310 e. The minimum absolute atomic E-state index is 0.278. The minimum Gasteiger partial charge on any atom is -0.481 e. The maximum Gasteiger partial charge on any atom is 0.310 e. The highest BCUT2D eigenvalue weighted by atomic mass is 32.2. The van der Waals surface area contributed by atoms with Crippen molar-refractivity contribution in [2.24, 2.45) is 0 Å². The number of hydrogen-bond donors (Lipinski definition) is 3. The number of aliphatic carboxylic acids is 1. The highest BCUT2D eigenvalue weighted by Gasteiger charge is 2.13. The summed E-state index contributed by atoms with van der Waals surface area (Å²) in [6.07, 6.45) is -0.361. The first-order chi connectivity index (χ1) is 11.3. The van der Waals surface area contributed by atoms with E-state index < -0.39 is 26.2 Å². The third kappa shape index (κ3) is 6.58. The second-order valence-corrected chi connectivity index (χ2v) is 7.74. The Bertz CT molecular complexity index is 943. The number of fused-ring (bicyclic) bond motifs is 1. The Hall–Kier alpha value is -2.34. The van der Waals surface area contributed by atoms with E-state index in [0.717, 1.165) is 12.1 Å². The molecule has 0 saturated carbocycles. The van der Waals surface area contributed by atoms with Gasteiger partial charge in [0.2, 0.25) is 0 Å². The van der Waals surface area contributed by atoms with Gasteiger partial charge < -0.3 is 5.11 Å². The van der Waals surface area contributed by atoms with Gasteiger partial charge in [0.25, 0.3) is 20.2 Å². The van der Waals surface area contributed by atoms with Crippen molar-refractivity contribution in [3.8, 4) is 0 Å². The zero-order valence-electron chi connectivity index (χ0n) is 12.8. The van der Waals surface area contributed by atoms with Crippen LogP contribution in [0.4, 0.5) is 0 Å². The number of hydrogen-bond acceptors (Lipinski definition) is 6. The Balaban J connectivity index is 0.000000381. The van der Waals surface area contributed by atoms with Crippen LogP contribution in [0.15, 0.2) is 46.2 Å². The average Bonchev–Trinajstić information content (AvgIpc) is 2.43. The fourth-order valence-electron chi connectivity index (χ4n) is 1.74. The number of ketones is 1. The third-order valence-electron chi connectivity index (χ3n) is 2.78. The molecule has 2 aromatic rings. The number of rotatable bonds is 4. The predicted octanol–water partition coefficient (Wildman–Crippen LogP) is 1.38. The molecule has 0 aliphatic rings. The SMILES string of the molecule is CC(=O)CC(=O)O.O=S(=O)(O)c1ccc2ccc(S(=O)(=O)O)cc2c1. The molecule has 3 N–H and O–H groups in total. The van der Waals surface area contributed by atoms with Crippen LogP contribution in [0.25, 0.3) is 10.8 Å². The zero-order valence-corrected chi connectivity index (χ0v) is 14.4. The lowest BCUT2D eigenvalue weighted by Crippen LogP contribution is -2.00. The van der Waals surface area contributed by atoms with Gasteiger partial charge in [-0.2, -0.15) is 16.8 Å². The summed E-state index contributed by atoms with van der Waals surface area (Å²) in [6, 6.07) is 7.49. The Kier molecular flexibility index (Phi) is 6.37. The summed E-state index contributed by atoms with van der Waals surface area (Å²) < 4.78 is 61.5. The number of carbonyl (C=O) groups excluding carboxylic acids is 1. The van der Waals surface area contributed by atoms with Gasteiger partial charge in [-0.3, -0.25) is 18.7 Å². The second kappa shape index (κ2) is 7.70. The molecule has 0 aromatic heterocycles. The molecule has 25 heavy (non-hydrogen) atoms. The van der Waals surface area contributed by atoms with E-state index in [1.165, 1.54) is 31.2 Å². The van der Waals surface area contributed by atoms with Gasteiger partial charge in [-0.15, -0.1) is 0 Å². The van der Waals surface area contributed by atoms with Crippen LogP contribution < -0.4 is 0 Å². The fourth-order valence-corrected chi connectivity index (χ4v) is 2.77. The Morgan fingerprint density at radius 1 is 0.840 bits per heavy atom. The van der Waals surface area contributed by atoms with Gasteiger partial charge in [0, 0.05) is 0 Å². The summed E-state index contributed by atoms with van der Waals surface area (Å²) >= 11 is 0. The fraction of sp³-hybridized carbons (Fsp3) is 0.143. The number of carboxylic acid groups (broad SMARTS) is 1. The molecule has 11 heteroatoms. The molecule has 2 rings (SSSR count). The molecule has 0 saturated heterocycles. The first-order valence-corrected chi connectivity index (χ1v) is 9.39. The molecule has 0 bridgehead atoms. The van der Waals surface area contributed by atoms with Gasteiger partial charge in [0.1, 0.15) is 12.2 Å². The van der Waals surface area contributed by atoms with E-state index in [9.17, 15) is 26.4 Å². The molecule has 0 spiro atoms. The number of Topliss-reactive ketones (excluding diaryl/α,β-unsaturated/α-hetero) is 1. The Morgan fingerprint density at radius 3 is 1.48 bits per heavy atom. The molecular weight excluding hydrogens is 376 g/mol. The molecule has 0 radical (unpaired) electrons. The molecule has 0 fully saturated rings. The van der Waals surface area contributed by atoms with Crippen molar-refractivity contribution in [3.05, 3.63) is 36.4 Å². The summed E-state index contributed by atoms with van der Waals surface area (Å²) in [6.45, 7) is 1.24. The maximum absolute atomic E-state index is 10.9. The maximum atomic E-state index is 10.9. The summed E-state index contributed by atoms with van der Waals surface area (Å²) in [5, 5.41) is 8.72. The van der Waals surface area contributed by atoms with Crippen molar-refractivity contribution in [2.75, 3.05) is 0 Å². The summed E-state index contributed by atoms with van der Waals surface area (Å²) in [5.41, 5.74) is 0. The van der Waals surface area contributed by atoms with E-state index in [0.29, 0.717) is 5.39 Å². The van der Waals surface area contributed by atoms with E-state index in [2.05, 4.69) is 0 Å². The summed E-state index contributed by atoms with van der Waals surface area (Å²) in [5.74, 6) is -1.37. The quantitative estimate of drug-likeness (QED) is 0.517. The Morgan fingerprint density at radius 2 is 1.24 bits per heavy atom. The van der Waals surface area contributed by atoms with Crippen LogP contribution in [-0.2, 0) is 29.8 Å². The molecule has 0 amide bonds. The van der Waals surface area contributed by atoms with E-state index in [-0.39, 0.29) is 27.4 Å². The molecule has 0 aliphatic carbocycles. The molecule has 0 atom stereocenters. The number of carboxylic acids is 1. The number of carbonyl (C=O) groups is 2. The normalized spacial score (nSPS) is 11.5. The van der Waals surface area contributed by atoms with Gasteiger partial charge in [0.15, 0.2) is 0 Å². The standard InChI is InChI=1S/C10H8O6S2.C4H6O3/c11-17(12,13)9-3-1-7-2-4-10(18(14,15)16)6-8(7)5-9;1-3(5)2-4(6)7/h1-6H,(H,11,12,13)(H,14,15,16);2H2,1H3,(H,6,7). The topological polar surface area (TPSA) is 163 Å². The molecule has 0 aliphatic heterocycles. The lowest BCUT2D eigenvalue weighted by atomic mass is 10.1. The molecule has 0 unspecified atom stereocenters. The average molecular weight is 390 g/mol.